The zero-order valence-corrected chi connectivity index (χ0v) is 9.55. The van der Waals surface area contributed by atoms with E-state index >= 15 is 0 Å². The van der Waals surface area contributed by atoms with Gasteiger partial charge in [0.1, 0.15) is 11.5 Å². The van der Waals surface area contributed by atoms with E-state index in [4.69, 9.17) is 4.52 Å². The van der Waals surface area contributed by atoms with Crippen LogP contribution in [0.3, 0.4) is 0 Å². The van der Waals surface area contributed by atoms with Crippen LogP contribution < -0.4 is 0 Å². The van der Waals surface area contributed by atoms with Crippen molar-refractivity contribution in [3.63, 3.8) is 0 Å². The Morgan fingerprint density at radius 1 is 1.35 bits per heavy atom. The van der Waals surface area contributed by atoms with E-state index in [-0.39, 0.29) is 5.97 Å². The van der Waals surface area contributed by atoms with Crippen LogP contribution in [0.4, 0.5) is 0 Å². The number of esters is 1. The number of rotatable bonds is 4. The summed E-state index contributed by atoms with van der Waals surface area (Å²) in [6.45, 7) is 0. The van der Waals surface area contributed by atoms with E-state index in [1.165, 1.54) is 7.11 Å². The molecule has 1 aromatic heterocycles. The minimum Gasteiger partial charge on any atom is -0.469 e. The molecule has 2 rings (SSSR count). The fourth-order valence-electron chi connectivity index (χ4n) is 1.50. The predicted octanol–water partition coefficient (Wildman–Crippen LogP) is 2.45. The molecular weight excluding hydrogens is 218 g/mol. The lowest BCUT2D eigenvalue weighted by Crippen LogP contribution is -2.01. The van der Waals surface area contributed by atoms with E-state index in [2.05, 4.69) is 9.89 Å². The van der Waals surface area contributed by atoms with Gasteiger partial charge in [0.15, 0.2) is 0 Å². The highest BCUT2D eigenvalue weighted by molar-refractivity contribution is 5.69. The summed E-state index contributed by atoms with van der Waals surface area (Å²) in [6, 6.07) is 11.6. The summed E-state index contributed by atoms with van der Waals surface area (Å²) in [7, 11) is 1.37. The van der Waals surface area contributed by atoms with Gasteiger partial charge in [-0.2, -0.15) is 0 Å². The highest BCUT2D eigenvalue weighted by Gasteiger charge is 2.08. The number of hydrogen-bond donors (Lipinski definition) is 0. The van der Waals surface area contributed by atoms with E-state index in [0.29, 0.717) is 18.6 Å². The molecule has 0 aliphatic rings. The van der Waals surface area contributed by atoms with Crippen molar-refractivity contribution >= 4 is 5.97 Å². The Bertz CT molecular complexity index is 490. The number of ether oxygens (including phenoxy) is 1. The van der Waals surface area contributed by atoms with E-state index in [1.54, 1.807) is 0 Å². The van der Waals surface area contributed by atoms with Crippen LogP contribution in [0.25, 0.3) is 11.3 Å². The molecule has 1 aromatic carbocycles. The number of hydrogen-bond acceptors (Lipinski definition) is 4. The fraction of sp³-hybridized carbons (Fsp3) is 0.231. The van der Waals surface area contributed by atoms with Gasteiger partial charge in [-0.15, -0.1) is 0 Å². The lowest BCUT2D eigenvalue weighted by Gasteiger charge is -1.94. The number of carbonyl (C=O) groups excluding carboxylic acids is 1. The maximum absolute atomic E-state index is 11.0. The van der Waals surface area contributed by atoms with Crippen LogP contribution >= 0.6 is 0 Å². The summed E-state index contributed by atoms with van der Waals surface area (Å²) < 4.78 is 9.72. The van der Waals surface area contributed by atoms with Crippen molar-refractivity contribution in [2.24, 2.45) is 0 Å². The van der Waals surface area contributed by atoms with Crippen molar-refractivity contribution < 1.29 is 14.1 Å². The molecule has 0 fully saturated rings. The molecule has 0 spiro atoms. The first-order valence-electron chi connectivity index (χ1n) is 5.37. The van der Waals surface area contributed by atoms with Crippen LogP contribution in [0.5, 0.6) is 0 Å². The molecule has 4 heteroatoms. The zero-order chi connectivity index (χ0) is 12.1. The van der Waals surface area contributed by atoms with Gasteiger partial charge < -0.3 is 9.26 Å². The Morgan fingerprint density at radius 3 is 2.82 bits per heavy atom. The molecule has 4 nitrogen and oxygen atoms in total. The van der Waals surface area contributed by atoms with Gasteiger partial charge in [-0.05, 0) is 0 Å². The summed E-state index contributed by atoms with van der Waals surface area (Å²) in [5.74, 6) is 0.442. The number of carbonyl (C=O) groups is 1. The monoisotopic (exact) mass is 231 g/mol. The fourth-order valence-corrected chi connectivity index (χ4v) is 1.50. The molecule has 0 N–H and O–H groups in total. The number of nitrogens with zero attached hydrogens (tertiary/aromatic N) is 1. The van der Waals surface area contributed by atoms with Crippen LogP contribution in [0.2, 0.25) is 0 Å². The Morgan fingerprint density at radius 2 is 2.12 bits per heavy atom. The number of benzene rings is 1. The van der Waals surface area contributed by atoms with Crippen LogP contribution in [-0.2, 0) is 16.0 Å². The van der Waals surface area contributed by atoms with E-state index in [1.807, 2.05) is 36.4 Å². The molecule has 0 radical (unpaired) electrons. The average molecular weight is 231 g/mol. The van der Waals surface area contributed by atoms with Gasteiger partial charge in [-0.3, -0.25) is 4.79 Å². The summed E-state index contributed by atoms with van der Waals surface area (Å²) in [6.07, 6.45) is 0.812. The molecule has 0 aliphatic heterocycles. The second kappa shape index (κ2) is 5.30. The molecule has 2 aromatic rings. The number of aromatic nitrogens is 1. The van der Waals surface area contributed by atoms with Crippen molar-refractivity contribution in [2.45, 2.75) is 12.8 Å². The summed E-state index contributed by atoms with van der Waals surface area (Å²) in [4.78, 5) is 11.0. The van der Waals surface area contributed by atoms with Gasteiger partial charge in [-0.25, -0.2) is 0 Å². The molecule has 0 atom stereocenters. The first-order valence-corrected chi connectivity index (χ1v) is 5.37. The molecule has 0 saturated heterocycles. The van der Waals surface area contributed by atoms with Crippen LogP contribution in [-0.4, -0.2) is 18.2 Å². The third-order valence-electron chi connectivity index (χ3n) is 2.43. The van der Waals surface area contributed by atoms with Gasteiger partial charge in [-0.1, -0.05) is 35.5 Å². The maximum atomic E-state index is 11.0. The van der Waals surface area contributed by atoms with Gasteiger partial charge in [0, 0.05) is 18.1 Å². The molecule has 0 aliphatic carbocycles. The summed E-state index contributed by atoms with van der Waals surface area (Å²) in [5.41, 5.74) is 1.78. The lowest BCUT2D eigenvalue weighted by molar-refractivity contribution is -0.140. The third kappa shape index (κ3) is 2.93. The molecule has 88 valence electrons. The van der Waals surface area contributed by atoms with Crippen molar-refractivity contribution in [3.8, 4) is 11.3 Å². The topological polar surface area (TPSA) is 52.3 Å². The molecular formula is C13H13NO3. The Kier molecular flexibility index (Phi) is 3.55. The van der Waals surface area contributed by atoms with Gasteiger partial charge in [0.05, 0.1) is 13.5 Å². The molecule has 0 unspecified atom stereocenters. The standard InChI is InChI=1S/C13H13NO3/c1-16-13(15)8-7-11-9-12(14-17-11)10-5-3-2-4-6-10/h2-6,9H,7-8H2,1H3. The van der Waals surface area contributed by atoms with Crippen molar-refractivity contribution in [1.82, 2.24) is 5.16 Å². The van der Waals surface area contributed by atoms with Crippen molar-refractivity contribution in [3.05, 3.63) is 42.2 Å². The van der Waals surface area contributed by atoms with Gasteiger partial charge in [0.2, 0.25) is 0 Å². The lowest BCUT2D eigenvalue weighted by atomic mass is 10.1. The summed E-state index contributed by atoms with van der Waals surface area (Å²) in [5, 5.41) is 3.96. The van der Waals surface area contributed by atoms with Crippen molar-refractivity contribution in [1.29, 1.82) is 0 Å². The second-order valence-corrected chi connectivity index (χ2v) is 3.62. The largest absolute Gasteiger partial charge is 0.469 e. The Balaban J connectivity index is 2.04. The normalized spacial score (nSPS) is 10.2. The minimum absolute atomic E-state index is 0.248. The second-order valence-electron chi connectivity index (χ2n) is 3.62. The molecule has 0 amide bonds. The summed E-state index contributed by atoms with van der Waals surface area (Å²) >= 11 is 0. The quantitative estimate of drug-likeness (QED) is 0.758. The van der Waals surface area contributed by atoms with Crippen LogP contribution in [0.1, 0.15) is 12.2 Å². The number of aryl methyl sites for hydroxylation is 1. The Hall–Kier alpha value is -2.10. The maximum Gasteiger partial charge on any atom is 0.305 e. The van der Waals surface area contributed by atoms with Crippen LogP contribution in [0, 0.1) is 0 Å². The van der Waals surface area contributed by atoms with Gasteiger partial charge >= 0.3 is 5.97 Å². The average Bonchev–Trinajstić information content (AvgIpc) is 2.86. The molecule has 0 bridgehead atoms. The highest BCUT2D eigenvalue weighted by Crippen LogP contribution is 2.19. The Labute approximate surface area is 99.2 Å². The SMILES string of the molecule is COC(=O)CCc1cc(-c2ccccc2)no1. The van der Waals surface area contributed by atoms with Gasteiger partial charge in [0.25, 0.3) is 0 Å². The minimum atomic E-state index is -0.248. The van der Waals surface area contributed by atoms with E-state index in [0.717, 1.165) is 11.3 Å². The van der Waals surface area contributed by atoms with E-state index in [9.17, 15) is 4.79 Å². The third-order valence-corrected chi connectivity index (χ3v) is 2.43. The molecule has 0 saturated carbocycles. The number of methoxy groups -OCH3 is 1. The first-order chi connectivity index (χ1) is 8.29. The predicted molar refractivity (Wildman–Crippen MR) is 62.3 cm³/mol. The highest BCUT2D eigenvalue weighted by atomic mass is 16.5. The van der Waals surface area contributed by atoms with E-state index < -0.39 is 0 Å². The van der Waals surface area contributed by atoms with Crippen LogP contribution in [0.15, 0.2) is 40.9 Å². The zero-order valence-electron chi connectivity index (χ0n) is 9.55. The van der Waals surface area contributed by atoms with Crippen molar-refractivity contribution in [2.75, 3.05) is 7.11 Å². The smallest absolute Gasteiger partial charge is 0.305 e. The molecule has 17 heavy (non-hydrogen) atoms. The molecule has 1 heterocycles. The first kappa shape index (κ1) is 11.4.